The van der Waals surface area contributed by atoms with Crippen LogP contribution in [0.15, 0.2) is 66.7 Å². The molecule has 5 nitrogen and oxygen atoms in total. The first-order chi connectivity index (χ1) is 14.7. The Hall–Kier alpha value is -4.01. The second-order valence-corrected chi connectivity index (χ2v) is 6.63. The highest BCUT2D eigenvalue weighted by Crippen LogP contribution is 2.35. The van der Waals surface area contributed by atoms with Crippen molar-refractivity contribution in [2.75, 3.05) is 0 Å². The monoisotopic (exact) mass is 428 g/mol. The van der Waals surface area contributed by atoms with Crippen molar-refractivity contribution >= 4 is 22.8 Å². The molecule has 0 atom stereocenters. The number of aromatic carboxylic acids is 1. The molecule has 4 rings (SSSR count). The number of carbonyl (C=O) groups is 2. The lowest BCUT2D eigenvalue weighted by molar-refractivity contribution is -0.138. The molecule has 9 heteroatoms. The number of hydrogen-bond acceptors (Lipinski definition) is 3. The van der Waals surface area contributed by atoms with Crippen molar-refractivity contribution < 1.29 is 32.3 Å². The van der Waals surface area contributed by atoms with E-state index in [-0.39, 0.29) is 16.8 Å². The van der Waals surface area contributed by atoms with E-state index in [4.69, 9.17) is 5.11 Å². The average molecular weight is 428 g/mol. The minimum atomic E-state index is -4.94. The van der Waals surface area contributed by atoms with E-state index in [0.29, 0.717) is 17.0 Å². The first-order valence-electron chi connectivity index (χ1n) is 8.90. The number of halogens is 4. The first kappa shape index (κ1) is 20.3. The highest BCUT2D eigenvalue weighted by atomic mass is 19.4. The van der Waals surface area contributed by atoms with Crippen molar-refractivity contribution in [3.63, 3.8) is 0 Å². The van der Waals surface area contributed by atoms with Crippen molar-refractivity contribution in [3.8, 4) is 11.3 Å². The Morgan fingerprint density at radius 1 is 0.903 bits per heavy atom. The molecule has 0 spiro atoms. The summed E-state index contributed by atoms with van der Waals surface area (Å²) in [5, 5.41) is 13.6. The van der Waals surface area contributed by atoms with Gasteiger partial charge >= 0.3 is 12.1 Å². The summed E-state index contributed by atoms with van der Waals surface area (Å²) < 4.78 is 55.3. The molecule has 0 aliphatic heterocycles. The Bertz CT molecular complexity index is 1330. The van der Waals surface area contributed by atoms with Gasteiger partial charge in [0.15, 0.2) is 0 Å². The minimum absolute atomic E-state index is 0.0322. The number of para-hydroxylation sites is 1. The van der Waals surface area contributed by atoms with Gasteiger partial charge in [0.1, 0.15) is 11.5 Å². The van der Waals surface area contributed by atoms with Crippen LogP contribution in [0.2, 0.25) is 0 Å². The van der Waals surface area contributed by atoms with E-state index in [1.807, 2.05) is 0 Å². The highest BCUT2D eigenvalue weighted by Gasteiger charge is 2.37. The zero-order valence-corrected chi connectivity index (χ0v) is 15.5. The quantitative estimate of drug-likeness (QED) is 0.453. The number of carbonyl (C=O) groups excluding carboxylic acids is 1. The molecular formula is C22H12F4N2O3. The number of alkyl halides is 3. The Morgan fingerprint density at radius 2 is 1.58 bits per heavy atom. The molecule has 0 aliphatic carbocycles. The van der Waals surface area contributed by atoms with Crippen LogP contribution in [0, 0.1) is 5.82 Å². The molecule has 0 saturated heterocycles. The first-order valence-corrected chi connectivity index (χ1v) is 8.90. The van der Waals surface area contributed by atoms with Crippen molar-refractivity contribution in [1.29, 1.82) is 0 Å². The number of hydrogen-bond donors (Lipinski definition) is 1. The predicted octanol–water partition coefficient (Wildman–Crippen LogP) is 5.25. The third-order valence-electron chi connectivity index (χ3n) is 4.72. The lowest BCUT2D eigenvalue weighted by Gasteiger charge is -2.12. The molecule has 156 valence electrons. The standard InChI is InChI=1S/C22H12F4N2O3/c23-16-6-3-5-15(22(24,25)26)18(16)20(29)28-17-7-2-1-4-14(17)19(27-28)12-8-10-13(11-9-12)21(30)31/h1-11H,(H,30,31). The van der Waals surface area contributed by atoms with Crippen LogP contribution in [-0.4, -0.2) is 26.8 Å². The highest BCUT2D eigenvalue weighted by molar-refractivity contribution is 6.05. The summed E-state index contributed by atoms with van der Waals surface area (Å²) in [6.45, 7) is 0. The zero-order chi connectivity index (χ0) is 22.3. The summed E-state index contributed by atoms with van der Waals surface area (Å²) in [4.78, 5) is 24.1. The van der Waals surface area contributed by atoms with Gasteiger partial charge in [0.25, 0.3) is 5.91 Å². The average Bonchev–Trinajstić information content (AvgIpc) is 3.12. The third-order valence-corrected chi connectivity index (χ3v) is 4.72. The van der Waals surface area contributed by atoms with Crippen molar-refractivity contribution in [2.45, 2.75) is 6.18 Å². The maximum absolute atomic E-state index is 14.3. The number of aromatic nitrogens is 2. The van der Waals surface area contributed by atoms with Crippen molar-refractivity contribution in [3.05, 3.63) is 89.2 Å². The molecule has 0 bridgehead atoms. The summed E-state index contributed by atoms with van der Waals surface area (Å²) in [5.74, 6) is -3.71. The Morgan fingerprint density at radius 3 is 2.23 bits per heavy atom. The van der Waals surface area contributed by atoms with Gasteiger partial charge in [-0.25, -0.2) is 9.18 Å². The zero-order valence-electron chi connectivity index (χ0n) is 15.5. The van der Waals surface area contributed by atoms with Gasteiger partial charge in [0.2, 0.25) is 0 Å². The molecule has 0 amide bonds. The van der Waals surface area contributed by atoms with E-state index in [2.05, 4.69) is 5.10 Å². The van der Waals surface area contributed by atoms with Crippen LogP contribution in [0.25, 0.3) is 22.2 Å². The maximum atomic E-state index is 14.3. The van der Waals surface area contributed by atoms with Gasteiger partial charge in [-0.15, -0.1) is 0 Å². The molecule has 0 aliphatic rings. The summed E-state index contributed by atoms with van der Waals surface area (Å²) in [5.41, 5.74) is -1.63. The molecule has 1 heterocycles. The number of nitrogens with zero attached hydrogens (tertiary/aromatic N) is 2. The molecule has 0 fully saturated rings. The number of carboxylic acids is 1. The topological polar surface area (TPSA) is 72.2 Å². The van der Waals surface area contributed by atoms with Crippen LogP contribution < -0.4 is 0 Å². The van der Waals surface area contributed by atoms with E-state index in [9.17, 15) is 27.2 Å². The fourth-order valence-corrected chi connectivity index (χ4v) is 3.29. The van der Waals surface area contributed by atoms with Gasteiger partial charge in [-0.05, 0) is 30.3 Å². The Balaban J connectivity index is 1.91. The molecule has 1 N–H and O–H groups in total. The molecule has 0 unspecified atom stereocenters. The van der Waals surface area contributed by atoms with E-state index >= 15 is 0 Å². The summed E-state index contributed by atoms with van der Waals surface area (Å²) in [6.07, 6.45) is -4.94. The van der Waals surface area contributed by atoms with Crippen LogP contribution in [0.1, 0.15) is 26.3 Å². The lowest BCUT2D eigenvalue weighted by Crippen LogP contribution is -2.21. The van der Waals surface area contributed by atoms with Crippen LogP contribution in [0.3, 0.4) is 0 Å². The fourth-order valence-electron chi connectivity index (χ4n) is 3.29. The Kier molecular flexibility index (Phi) is 4.81. The molecule has 4 aromatic rings. The van der Waals surface area contributed by atoms with Gasteiger partial charge in [-0.1, -0.05) is 36.4 Å². The van der Waals surface area contributed by atoms with Crippen LogP contribution >= 0.6 is 0 Å². The largest absolute Gasteiger partial charge is 0.478 e. The third kappa shape index (κ3) is 3.54. The lowest BCUT2D eigenvalue weighted by atomic mass is 10.1. The Labute approximate surface area is 172 Å². The van der Waals surface area contributed by atoms with Gasteiger partial charge in [0, 0.05) is 10.9 Å². The second-order valence-electron chi connectivity index (χ2n) is 6.63. The number of fused-ring (bicyclic) bond motifs is 1. The van der Waals surface area contributed by atoms with E-state index in [0.717, 1.165) is 16.8 Å². The minimum Gasteiger partial charge on any atom is -0.478 e. The smallest absolute Gasteiger partial charge is 0.417 e. The van der Waals surface area contributed by atoms with Gasteiger partial charge < -0.3 is 5.11 Å². The SMILES string of the molecule is O=C(O)c1ccc(-c2nn(C(=O)c3c(F)cccc3C(F)(F)F)c3ccccc23)cc1. The molecule has 3 aromatic carbocycles. The molecule has 0 radical (unpaired) electrons. The van der Waals surface area contributed by atoms with Gasteiger partial charge in [-0.2, -0.15) is 23.0 Å². The number of carboxylic acid groups (broad SMARTS) is 1. The normalized spacial score (nSPS) is 11.6. The van der Waals surface area contributed by atoms with Crippen molar-refractivity contribution in [2.24, 2.45) is 0 Å². The van der Waals surface area contributed by atoms with Gasteiger partial charge in [0.05, 0.1) is 22.2 Å². The summed E-state index contributed by atoms with van der Waals surface area (Å²) in [6, 6.07) is 14.2. The number of rotatable bonds is 3. The van der Waals surface area contributed by atoms with Gasteiger partial charge in [-0.3, -0.25) is 4.79 Å². The van der Waals surface area contributed by atoms with Crippen LogP contribution in [-0.2, 0) is 6.18 Å². The summed E-state index contributed by atoms with van der Waals surface area (Å²) in [7, 11) is 0. The summed E-state index contributed by atoms with van der Waals surface area (Å²) >= 11 is 0. The van der Waals surface area contributed by atoms with Crippen molar-refractivity contribution in [1.82, 2.24) is 9.78 Å². The molecule has 31 heavy (non-hydrogen) atoms. The van der Waals surface area contributed by atoms with Crippen LogP contribution in [0.4, 0.5) is 17.6 Å². The maximum Gasteiger partial charge on any atom is 0.417 e. The molecule has 0 saturated carbocycles. The fraction of sp³-hybridized carbons (Fsp3) is 0.0455. The van der Waals surface area contributed by atoms with E-state index < -0.39 is 35.0 Å². The van der Waals surface area contributed by atoms with Crippen LogP contribution in [0.5, 0.6) is 0 Å². The number of benzene rings is 3. The molecule has 1 aromatic heterocycles. The second kappa shape index (κ2) is 7.35. The predicted molar refractivity (Wildman–Crippen MR) is 103 cm³/mol. The molecular weight excluding hydrogens is 416 g/mol. The van der Waals surface area contributed by atoms with E-state index in [1.54, 1.807) is 18.2 Å². The van der Waals surface area contributed by atoms with E-state index in [1.165, 1.54) is 30.3 Å².